The second-order valence-corrected chi connectivity index (χ2v) is 6.52. The maximum Gasteiger partial charge on any atom is 0.124 e. The Morgan fingerprint density at radius 3 is 2.77 bits per heavy atom. The van der Waals surface area contributed by atoms with Gasteiger partial charge in [-0.2, -0.15) is 5.10 Å². The third kappa shape index (κ3) is 3.05. The van der Waals surface area contributed by atoms with Crippen LogP contribution in [0.2, 0.25) is 0 Å². The van der Waals surface area contributed by atoms with E-state index in [0.29, 0.717) is 18.7 Å². The standard InChI is InChI=1S/C15H24N6O/c1-12(2)21-10-14(17-18-21)15(22)4-5-19(11-15)6-7-20-9-13(3)8-16-20/h8-10,12,22H,4-7,11H2,1-3H3. The molecule has 0 aromatic carbocycles. The van der Waals surface area contributed by atoms with Crippen molar-refractivity contribution in [3.05, 3.63) is 29.8 Å². The molecule has 1 aliphatic heterocycles. The lowest BCUT2D eigenvalue weighted by Gasteiger charge is -2.21. The first-order chi connectivity index (χ1) is 10.5. The van der Waals surface area contributed by atoms with E-state index in [1.807, 2.05) is 30.2 Å². The minimum absolute atomic E-state index is 0.255. The van der Waals surface area contributed by atoms with Gasteiger partial charge in [0.15, 0.2) is 0 Å². The van der Waals surface area contributed by atoms with E-state index in [1.54, 1.807) is 4.68 Å². The number of aliphatic hydroxyl groups is 1. The zero-order valence-corrected chi connectivity index (χ0v) is 13.5. The summed E-state index contributed by atoms with van der Waals surface area (Å²) >= 11 is 0. The molecule has 1 N–H and O–H groups in total. The molecule has 1 fully saturated rings. The molecule has 0 radical (unpaired) electrons. The molecule has 0 amide bonds. The first-order valence-electron chi connectivity index (χ1n) is 7.82. The molecule has 1 atom stereocenters. The molecule has 3 heterocycles. The van der Waals surface area contributed by atoms with Crippen LogP contribution in [-0.4, -0.2) is 54.4 Å². The Bertz CT molecular complexity index is 634. The Labute approximate surface area is 130 Å². The predicted octanol–water partition coefficient (Wildman–Crippen LogP) is 0.957. The molecule has 0 aliphatic carbocycles. The van der Waals surface area contributed by atoms with Gasteiger partial charge in [-0.25, -0.2) is 4.68 Å². The summed E-state index contributed by atoms with van der Waals surface area (Å²) in [6, 6.07) is 0.255. The molecule has 1 aliphatic rings. The average molecular weight is 304 g/mol. The van der Waals surface area contributed by atoms with Crippen LogP contribution in [0.25, 0.3) is 0 Å². The van der Waals surface area contributed by atoms with Crippen molar-refractivity contribution < 1.29 is 5.11 Å². The smallest absolute Gasteiger partial charge is 0.124 e. The van der Waals surface area contributed by atoms with Gasteiger partial charge in [-0.1, -0.05) is 5.21 Å². The second kappa shape index (κ2) is 5.81. The molecule has 22 heavy (non-hydrogen) atoms. The summed E-state index contributed by atoms with van der Waals surface area (Å²) in [4.78, 5) is 2.26. The van der Waals surface area contributed by atoms with E-state index >= 15 is 0 Å². The SMILES string of the molecule is Cc1cnn(CCN2CCC(O)(c3cn(C(C)C)nn3)C2)c1. The first-order valence-corrected chi connectivity index (χ1v) is 7.82. The zero-order valence-electron chi connectivity index (χ0n) is 13.5. The van der Waals surface area contributed by atoms with Crippen LogP contribution in [0, 0.1) is 6.92 Å². The van der Waals surface area contributed by atoms with Gasteiger partial charge in [0.2, 0.25) is 0 Å². The van der Waals surface area contributed by atoms with E-state index in [-0.39, 0.29) is 6.04 Å². The molecular weight excluding hydrogens is 280 g/mol. The van der Waals surface area contributed by atoms with Crippen molar-refractivity contribution >= 4 is 0 Å². The van der Waals surface area contributed by atoms with Crippen LogP contribution in [-0.2, 0) is 12.1 Å². The minimum Gasteiger partial charge on any atom is -0.382 e. The molecule has 3 rings (SSSR count). The lowest BCUT2D eigenvalue weighted by molar-refractivity contribution is 0.0412. The van der Waals surface area contributed by atoms with Gasteiger partial charge in [0.05, 0.1) is 18.9 Å². The summed E-state index contributed by atoms with van der Waals surface area (Å²) in [7, 11) is 0. The van der Waals surface area contributed by atoms with Crippen LogP contribution in [0.1, 0.15) is 37.6 Å². The number of β-amino-alcohol motifs (C(OH)–C–C–N with tert-alkyl or cyclic N) is 1. The van der Waals surface area contributed by atoms with E-state index in [9.17, 15) is 5.11 Å². The fraction of sp³-hybridized carbons (Fsp3) is 0.667. The van der Waals surface area contributed by atoms with Crippen LogP contribution >= 0.6 is 0 Å². The highest BCUT2D eigenvalue weighted by Gasteiger charge is 2.39. The van der Waals surface area contributed by atoms with Crippen molar-refractivity contribution in [2.45, 2.75) is 45.4 Å². The van der Waals surface area contributed by atoms with Crippen LogP contribution < -0.4 is 0 Å². The molecule has 120 valence electrons. The van der Waals surface area contributed by atoms with E-state index in [4.69, 9.17) is 0 Å². The Balaban J connectivity index is 1.60. The molecule has 0 spiro atoms. The number of aryl methyl sites for hydroxylation is 1. The van der Waals surface area contributed by atoms with E-state index in [0.717, 1.165) is 19.6 Å². The highest BCUT2D eigenvalue weighted by atomic mass is 16.3. The largest absolute Gasteiger partial charge is 0.382 e. The summed E-state index contributed by atoms with van der Waals surface area (Å²) in [5, 5.41) is 23.4. The number of hydrogen-bond donors (Lipinski definition) is 1. The van der Waals surface area contributed by atoms with E-state index < -0.39 is 5.60 Å². The number of nitrogens with zero attached hydrogens (tertiary/aromatic N) is 6. The minimum atomic E-state index is -0.882. The number of aromatic nitrogens is 5. The van der Waals surface area contributed by atoms with Crippen molar-refractivity contribution in [1.29, 1.82) is 0 Å². The lowest BCUT2D eigenvalue weighted by Crippen LogP contribution is -2.32. The van der Waals surface area contributed by atoms with Crippen LogP contribution in [0.5, 0.6) is 0 Å². The molecule has 1 unspecified atom stereocenters. The summed E-state index contributed by atoms with van der Waals surface area (Å²) in [6.07, 6.45) is 6.47. The zero-order chi connectivity index (χ0) is 15.7. The quantitative estimate of drug-likeness (QED) is 0.891. The van der Waals surface area contributed by atoms with Gasteiger partial charge < -0.3 is 5.11 Å². The molecule has 7 heteroatoms. The summed E-state index contributed by atoms with van der Waals surface area (Å²) in [5.41, 5.74) is 0.967. The number of hydrogen-bond acceptors (Lipinski definition) is 5. The summed E-state index contributed by atoms with van der Waals surface area (Å²) in [5.74, 6) is 0. The molecule has 2 aromatic heterocycles. The van der Waals surface area contributed by atoms with Gasteiger partial charge in [-0.15, -0.1) is 5.10 Å². The van der Waals surface area contributed by atoms with Crippen LogP contribution in [0.3, 0.4) is 0 Å². The van der Waals surface area contributed by atoms with Gasteiger partial charge in [0, 0.05) is 31.9 Å². The molecule has 0 saturated carbocycles. The first kappa shape index (κ1) is 15.2. The van der Waals surface area contributed by atoms with Gasteiger partial charge in [0.25, 0.3) is 0 Å². The van der Waals surface area contributed by atoms with Crippen LogP contribution in [0.15, 0.2) is 18.6 Å². The maximum absolute atomic E-state index is 10.8. The molecule has 1 saturated heterocycles. The van der Waals surface area contributed by atoms with Crippen molar-refractivity contribution in [2.75, 3.05) is 19.6 Å². The van der Waals surface area contributed by atoms with Gasteiger partial charge in [0.1, 0.15) is 11.3 Å². The van der Waals surface area contributed by atoms with Crippen molar-refractivity contribution in [3.8, 4) is 0 Å². The fourth-order valence-electron chi connectivity index (χ4n) is 2.85. The van der Waals surface area contributed by atoms with Crippen LogP contribution in [0.4, 0.5) is 0 Å². The Hall–Kier alpha value is -1.73. The van der Waals surface area contributed by atoms with Gasteiger partial charge >= 0.3 is 0 Å². The Kier molecular flexibility index (Phi) is 4.01. The lowest BCUT2D eigenvalue weighted by atomic mass is 10.00. The van der Waals surface area contributed by atoms with Crippen molar-refractivity contribution in [3.63, 3.8) is 0 Å². The molecule has 7 nitrogen and oxygen atoms in total. The second-order valence-electron chi connectivity index (χ2n) is 6.52. The summed E-state index contributed by atoms with van der Waals surface area (Å²) < 4.78 is 3.74. The molecule has 2 aromatic rings. The maximum atomic E-state index is 10.8. The van der Waals surface area contributed by atoms with Crippen molar-refractivity contribution in [2.24, 2.45) is 0 Å². The third-order valence-corrected chi connectivity index (χ3v) is 4.25. The topological polar surface area (TPSA) is 72.0 Å². The molecule has 0 bridgehead atoms. The normalized spacial score (nSPS) is 22.8. The highest BCUT2D eigenvalue weighted by molar-refractivity contribution is 5.11. The van der Waals surface area contributed by atoms with Gasteiger partial charge in [-0.3, -0.25) is 9.58 Å². The Morgan fingerprint density at radius 2 is 2.14 bits per heavy atom. The van der Waals surface area contributed by atoms with Crippen molar-refractivity contribution in [1.82, 2.24) is 29.7 Å². The molecular formula is C15H24N6O. The Morgan fingerprint density at radius 1 is 1.32 bits per heavy atom. The average Bonchev–Trinajstić information content (AvgIpc) is 3.16. The van der Waals surface area contributed by atoms with Gasteiger partial charge in [-0.05, 0) is 32.8 Å². The monoisotopic (exact) mass is 304 g/mol. The fourth-order valence-corrected chi connectivity index (χ4v) is 2.85. The third-order valence-electron chi connectivity index (χ3n) is 4.25. The predicted molar refractivity (Wildman–Crippen MR) is 82.3 cm³/mol. The summed E-state index contributed by atoms with van der Waals surface area (Å²) in [6.45, 7) is 9.32. The van der Waals surface area contributed by atoms with E-state index in [2.05, 4.69) is 34.2 Å². The highest BCUT2D eigenvalue weighted by Crippen LogP contribution is 2.30. The number of rotatable bonds is 5. The number of likely N-dealkylation sites (tertiary alicyclic amines) is 1. The van der Waals surface area contributed by atoms with E-state index in [1.165, 1.54) is 5.56 Å².